The van der Waals surface area contributed by atoms with E-state index in [1.165, 1.54) is 0 Å². The van der Waals surface area contributed by atoms with Gasteiger partial charge in [0.25, 0.3) is 0 Å². The van der Waals surface area contributed by atoms with E-state index in [-0.39, 0.29) is 25.7 Å². The standard InChI is InChI=1S/C34H33FO8/c1-21(2)32(36)42-18-17-40-26-11-13-28-29-14-12-27(20-31(29)22(3)30(28)19-26)43-34(38)24-7-9-25(10-8-24)39-15-5-6-16-41-33(37)23(4)35/h7-14,19-20,22H,1,4-6,15-18H2,2-3H3. The molecule has 0 bridgehead atoms. The first kappa shape index (κ1) is 31.0. The quantitative estimate of drug-likeness (QED) is 0.0886. The lowest BCUT2D eigenvalue weighted by Crippen LogP contribution is -2.12. The first-order valence-corrected chi connectivity index (χ1v) is 13.8. The Bertz CT molecular complexity index is 1530. The molecule has 0 saturated carbocycles. The van der Waals surface area contributed by atoms with Gasteiger partial charge in [0, 0.05) is 11.5 Å². The molecular weight excluding hydrogens is 555 g/mol. The minimum absolute atomic E-state index is 0.0556. The van der Waals surface area contributed by atoms with Crippen LogP contribution in [0.15, 0.2) is 85.2 Å². The lowest BCUT2D eigenvalue weighted by molar-refractivity contribution is -0.141. The monoisotopic (exact) mass is 588 g/mol. The Morgan fingerprint density at radius 3 is 1.93 bits per heavy atom. The van der Waals surface area contributed by atoms with Gasteiger partial charge in [0.1, 0.15) is 30.5 Å². The number of ether oxygens (including phenoxy) is 5. The summed E-state index contributed by atoms with van der Waals surface area (Å²) in [4.78, 5) is 35.3. The third-order valence-electron chi connectivity index (χ3n) is 6.77. The Morgan fingerprint density at radius 1 is 0.721 bits per heavy atom. The van der Waals surface area contributed by atoms with Crippen molar-refractivity contribution in [3.05, 3.63) is 102 Å². The molecule has 0 N–H and O–H groups in total. The fourth-order valence-electron chi connectivity index (χ4n) is 4.52. The topological polar surface area (TPSA) is 97.4 Å². The van der Waals surface area contributed by atoms with E-state index in [2.05, 4.69) is 24.8 Å². The van der Waals surface area contributed by atoms with Crippen LogP contribution in [0.25, 0.3) is 11.1 Å². The van der Waals surface area contributed by atoms with Crippen molar-refractivity contribution in [2.45, 2.75) is 32.6 Å². The molecule has 0 amide bonds. The van der Waals surface area contributed by atoms with E-state index in [1.807, 2.05) is 30.3 Å². The molecule has 224 valence electrons. The highest BCUT2D eigenvalue weighted by atomic mass is 19.1. The van der Waals surface area contributed by atoms with Crippen molar-refractivity contribution in [3.8, 4) is 28.4 Å². The van der Waals surface area contributed by atoms with Crippen LogP contribution in [0.2, 0.25) is 0 Å². The number of unbranched alkanes of at least 4 members (excludes halogenated alkanes) is 1. The molecule has 8 nitrogen and oxygen atoms in total. The molecule has 0 heterocycles. The van der Waals surface area contributed by atoms with Crippen molar-refractivity contribution in [1.29, 1.82) is 0 Å². The molecule has 3 aromatic carbocycles. The molecule has 0 saturated heterocycles. The lowest BCUT2D eigenvalue weighted by atomic mass is 9.99. The van der Waals surface area contributed by atoms with Crippen molar-refractivity contribution >= 4 is 17.9 Å². The maximum Gasteiger partial charge on any atom is 0.366 e. The van der Waals surface area contributed by atoms with E-state index >= 15 is 0 Å². The van der Waals surface area contributed by atoms with Crippen LogP contribution in [0, 0.1) is 0 Å². The second-order valence-corrected chi connectivity index (χ2v) is 9.99. The molecule has 9 heteroatoms. The molecular formula is C34H33FO8. The van der Waals surface area contributed by atoms with Gasteiger partial charge < -0.3 is 23.7 Å². The van der Waals surface area contributed by atoms with Gasteiger partial charge >= 0.3 is 17.9 Å². The minimum Gasteiger partial charge on any atom is -0.494 e. The predicted molar refractivity (Wildman–Crippen MR) is 158 cm³/mol. The molecule has 3 aromatic rings. The van der Waals surface area contributed by atoms with Crippen LogP contribution in [0.4, 0.5) is 4.39 Å². The van der Waals surface area contributed by atoms with Gasteiger partial charge in [0.15, 0.2) is 0 Å². The molecule has 1 atom stereocenters. The van der Waals surface area contributed by atoms with Gasteiger partial charge in [-0.3, -0.25) is 0 Å². The smallest absolute Gasteiger partial charge is 0.366 e. The van der Waals surface area contributed by atoms with Crippen molar-refractivity contribution in [2.75, 3.05) is 26.4 Å². The van der Waals surface area contributed by atoms with E-state index in [0.29, 0.717) is 47.8 Å². The van der Waals surface area contributed by atoms with E-state index in [4.69, 9.17) is 18.9 Å². The lowest BCUT2D eigenvalue weighted by Gasteiger charge is -2.11. The largest absolute Gasteiger partial charge is 0.494 e. The first-order chi connectivity index (χ1) is 20.6. The van der Waals surface area contributed by atoms with Gasteiger partial charge in [-0.1, -0.05) is 32.2 Å². The van der Waals surface area contributed by atoms with E-state index in [1.54, 1.807) is 37.3 Å². The minimum atomic E-state index is -1.12. The summed E-state index contributed by atoms with van der Waals surface area (Å²) in [6.07, 6.45) is 1.11. The van der Waals surface area contributed by atoms with Crippen LogP contribution in [-0.4, -0.2) is 44.3 Å². The highest BCUT2D eigenvalue weighted by Gasteiger charge is 2.27. The summed E-state index contributed by atoms with van der Waals surface area (Å²) in [5.41, 5.74) is 5.01. The molecule has 0 spiro atoms. The van der Waals surface area contributed by atoms with Crippen LogP contribution in [-0.2, 0) is 19.1 Å². The van der Waals surface area contributed by atoms with Gasteiger partial charge in [-0.2, -0.15) is 4.39 Å². The number of carbonyl (C=O) groups excluding carboxylic acids is 3. The van der Waals surface area contributed by atoms with Crippen molar-refractivity contribution in [2.24, 2.45) is 0 Å². The average molecular weight is 589 g/mol. The van der Waals surface area contributed by atoms with Gasteiger partial charge in [0.05, 0.1) is 18.8 Å². The zero-order valence-corrected chi connectivity index (χ0v) is 24.2. The Balaban J connectivity index is 1.28. The van der Waals surface area contributed by atoms with Gasteiger partial charge in [0.2, 0.25) is 5.83 Å². The fraction of sp³-hybridized carbons (Fsp3) is 0.265. The summed E-state index contributed by atoms with van der Waals surface area (Å²) >= 11 is 0. The Labute approximate surface area is 249 Å². The maximum absolute atomic E-state index is 12.8. The third-order valence-corrected chi connectivity index (χ3v) is 6.77. The number of rotatable bonds is 14. The number of halogens is 1. The van der Waals surface area contributed by atoms with Gasteiger partial charge in [-0.25, -0.2) is 14.4 Å². The van der Waals surface area contributed by atoms with Crippen LogP contribution < -0.4 is 14.2 Å². The number of esters is 3. The highest BCUT2D eigenvalue weighted by Crippen LogP contribution is 2.47. The molecule has 0 radical (unpaired) electrons. The predicted octanol–water partition coefficient (Wildman–Crippen LogP) is 6.72. The van der Waals surface area contributed by atoms with E-state index in [9.17, 15) is 18.8 Å². The SMILES string of the molecule is C=C(C)C(=O)OCCOc1ccc2c(c1)C(C)c1cc(OC(=O)c3ccc(OCCCCOC(=O)C(=C)F)cc3)ccc1-2. The highest BCUT2D eigenvalue weighted by molar-refractivity contribution is 5.91. The number of benzene rings is 3. The number of fused-ring (bicyclic) bond motifs is 3. The average Bonchev–Trinajstić information content (AvgIpc) is 3.27. The fourth-order valence-corrected chi connectivity index (χ4v) is 4.52. The summed E-state index contributed by atoms with van der Waals surface area (Å²) in [6.45, 7) is 10.9. The van der Waals surface area contributed by atoms with Crippen molar-refractivity contribution < 1.29 is 42.5 Å². The first-order valence-electron chi connectivity index (χ1n) is 13.8. The van der Waals surface area contributed by atoms with Crippen LogP contribution >= 0.6 is 0 Å². The summed E-state index contributed by atoms with van der Waals surface area (Å²) in [7, 11) is 0. The summed E-state index contributed by atoms with van der Waals surface area (Å²) in [5, 5.41) is 0. The zero-order valence-electron chi connectivity index (χ0n) is 24.2. The molecule has 0 aromatic heterocycles. The maximum atomic E-state index is 12.8. The molecule has 4 rings (SSSR count). The molecule has 43 heavy (non-hydrogen) atoms. The number of hydrogen-bond acceptors (Lipinski definition) is 8. The second-order valence-electron chi connectivity index (χ2n) is 9.99. The summed E-state index contributed by atoms with van der Waals surface area (Å²) < 4.78 is 39.4. The van der Waals surface area contributed by atoms with Crippen LogP contribution in [0.5, 0.6) is 17.2 Å². The van der Waals surface area contributed by atoms with Crippen LogP contribution in [0.1, 0.15) is 54.1 Å². The summed E-state index contributed by atoms with van der Waals surface area (Å²) in [6, 6.07) is 18.1. The molecule has 0 fully saturated rings. The molecule has 1 aliphatic carbocycles. The summed E-state index contributed by atoms with van der Waals surface area (Å²) in [5.74, 6) is -1.36. The molecule has 0 aliphatic heterocycles. The van der Waals surface area contributed by atoms with Crippen LogP contribution in [0.3, 0.4) is 0 Å². The Kier molecular flexibility index (Phi) is 10.3. The second kappa shape index (κ2) is 14.3. The van der Waals surface area contributed by atoms with Gasteiger partial charge in [-0.15, -0.1) is 0 Å². The Hall–Kier alpha value is -4.92. The van der Waals surface area contributed by atoms with Crippen molar-refractivity contribution in [1.82, 2.24) is 0 Å². The molecule has 1 aliphatic rings. The van der Waals surface area contributed by atoms with E-state index in [0.717, 1.165) is 22.3 Å². The number of hydrogen-bond donors (Lipinski definition) is 0. The Morgan fingerprint density at radius 2 is 1.28 bits per heavy atom. The van der Waals surface area contributed by atoms with Gasteiger partial charge in [-0.05, 0) is 90.6 Å². The number of carbonyl (C=O) groups is 3. The van der Waals surface area contributed by atoms with E-state index < -0.39 is 23.7 Å². The third kappa shape index (κ3) is 8.09. The zero-order chi connectivity index (χ0) is 30.9. The van der Waals surface area contributed by atoms with Crippen molar-refractivity contribution in [3.63, 3.8) is 0 Å². The normalized spacial score (nSPS) is 12.9. The molecule has 1 unspecified atom stereocenters.